The van der Waals surface area contributed by atoms with Gasteiger partial charge in [-0.05, 0) is 64.7 Å². The number of nitrogens with zero attached hydrogens (tertiary/aromatic N) is 4. The SMILES string of the molecule is COc1ccc(C(OC[C@H]2O[C@@H](n3c(Cl)nc4c(NC(=O)c5ccccc5)ncnc43)C[C@@H]2O)(c2ccccc2)c2ccc(OC)cc2)cc1. The first-order valence-corrected chi connectivity index (χ1v) is 16.4. The molecule has 1 amide bonds. The Morgan fingerprint density at radius 3 is 2.06 bits per heavy atom. The Morgan fingerprint density at radius 2 is 1.46 bits per heavy atom. The van der Waals surface area contributed by atoms with Gasteiger partial charge in [0.1, 0.15) is 35.8 Å². The van der Waals surface area contributed by atoms with Crippen molar-refractivity contribution in [3.8, 4) is 11.5 Å². The summed E-state index contributed by atoms with van der Waals surface area (Å²) < 4.78 is 25.9. The number of anilines is 1. The third-order valence-electron chi connectivity index (χ3n) is 8.83. The highest BCUT2D eigenvalue weighted by Crippen LogP contribution is 2.43. The second-order valence-electron chi connectivity index (χ2n) is 11.7. The summed E-state index contributed by atoms with van der Waals surface area (Å²) in [4.78, 5) is 26.0. The smallest absolute Gasteiger partial charge is 0.256 e. The molecule has 3 heterocycles. The summed E-state index contributed by atoms with van der Waals surface area (Å²) in [6.45, 7) is 0.0161. The highest BCUT2D eigenvalue weighted by atomic mass is 35.5. The van der Waals surface area contributed by atoms with Crippen LogP contribution in [0.3, 0.4) is 0 Å². The summed E-state index contributed by atoms with van der Waals surface area (Å²) in [7, 11) is 3.25. The maximum absolute atomic E-state index is 12.9. The maximum Gasteiger partial charge on any atom is 0.256 e. The van der Waals surface area contributed by atoms with E-state index in [0.717, 1.165) is 16.7 Å². The zero-order valence-electron chi connectivity index (χ0n) is 27.3. The van der Waals surface area contributed by atoms with Gasteiger partial charge in [0.15, 0.2) is 17.0 Å². The molecule has 0 unspecified atom stereocenters. The Kier molecular flexibility index (Phi) is 9.46. The largest absolute Gasteiger partial charge is 0.497 e. The third-order valence-corrected chi connectivity index (χ3v) is 9.10. The quantitative estimate of drug-likeness (QED) is 0.117. The predicted octanol–water partition coefficient (Wildman–Crippen LogP) is 6.41. The molecule has 11 nitrogen and oxygen atoms in total. The molecule has 0 spiro atoms. The zero-order valence-corrected chi connectivity index (χ0v) is 28.0. The molecular weight excluding hydrogens is 658 g/mol. The molecule has 1 saturated heterocycles. The third kappa shape index (κ3) is 6.27. The fourth-order valence-electron chi connectivity index (χ4n) is 6.30. The predicted molar refractivity (Wildman–Crippen MR) is 188 cm³/mol. The fourth-order valence-corrected chi connectivity index (χ4v) is 6.58. The van der Waals surface area contributed by atoms with E-state index >= 15 is 0 Å². The van der Waals surface area contributed by atoms with Crippen molar-refractivity contribution in [3.05, 3.63) is 143 Å². The summed E-state index contributed by atoms with van der Waals surface area (Å²) in [5, 5.41) is 14.2. The molecule has 50 heavy (non-hydrogen) atoms. The van der Waals surface area contributed by atoms with E-state index in [1.807, 2.05) is 84.9 Å². The van der Waals surface area contributed by atoms with E-state index in [1.54, 1.807) is 43.1 Å². The van der Waals surface area contributed by atoms with E-state index in [9.17, 15) is 9.90 Å². The number of hydrogen-bond donors (Lipinski definition) is 2. The Morgan fingerprint density at radius 1 is 0.880 bits per heavy atom. The van der Waals surface area contributed by atoms with Crippen LogP contribution in [0.5, 0.6) is 11.5 Å². The topological polar surface area (TPSA) is 130 Å². The van der Waals surface area contributed by atoms with Gasteiger partial charge in [-0.3, -0.25) is 9.36 Å². The van der Waals surface area contributed by atoms with Crippen molar-refractivity contribution in [2.45, 2.75) is 30.5 Å². The summed E-state index contributed by atoms with van der Waals surface area (Å²) >= 11 is 6.67. The zero-order chi connectivity index (χ0) is 34.7. The summed E-state index contributed by atoms with van der Waals surface area (Å²) in [5.41, 5.74) is 2.59. The van der Waals surface area contributed by atoms with Crippen LogP contribution in [0, 0.1) is 0 Å². The highest BCUT2D eigenvalue weighted by molar-refractivity contribution is 6.29. The molecule has 0 saturated carbocycles. The van der Waals surface area contributed by atoms with Crippen LogP contribution in [0.15, 0.2) is 116 Å². The van der Waals surface area contributed by atoms with E-state index in [4.69, 9.17) is 30.5 Å². The Labute approximate surface area is 293 Å². The summed E-state index contributed by atoms with van der Waals surface area (Å²) in [6.07, 6.45) is -0.864. The molecule has 0 radical (unpaired) electrons. The monoisotopic (exact) mass is 691 g/mol. The van der Waals surface area contributed by atoms with Crippen molar-refractivity contribution in [2.24, 2.45) is 0 Å². The molecule has 2 aromatic heterocycles. The van der Waals surface area contributed by atoms with Crippen LogP contribution in [-0.2, 0) is 15.1 Å². The first kappa shape index (κ1) is 33.2. The number of fused-ring (bicyclic) bond motifs is 1. The van der Waals surface area contributed by atoms with Gasteiger partial charge in [-0.15, -0.1) is 0 Å². The van der Waals surface area contributed by atoms with Crippen LogP contribution in [0.1, 0.15) is 39.7 Å². The fraction of sp³-hybridized carbons (Fsp3) is 0.211. The van der Waals surface area contributed by atoms with Gasteiger partial charge in [0.25, 0.3) is 5.91 Å². The molecule has 0 aliphatic carbocycles. The standard InChI is InChI=1S/C38H34ClN5O6/c1-47-28-17-13-26(14-18-28)38(25-11-7-4-8-12-25,27-15-19-29(48-2)20-16-27)49-22-31-30(45)21-32(50-31)44-35-33(42-37(44)39)34(40-23-41-35)43-36(46)24-9-5-3-6-10-24/h3-20,23,30-32,45H,21-22H2,1-2H3,(H,40,41,43,46)/t30-,31+,32+/m0/s1. The van der Waals surface area contributed by atoms with E-state index in [-0.39, 0.29) is 30.0 Å². The first-order valence-electron chi connectivity index (χ1n) is 16.0. The molecule has 12 heteroatoms. The van der Waals surface area contributed by atoms with Gasteiger partial charge in [-0.2, -0.15) is 0 Å². The van der Waals surface area contributed by atoms with Gasteiger partial charge in [-0.25, -0.2) is 15.0 Å². The Balaban J connectivity index is 1.20. The molecule has 7 rings (SSSR count). The molecule has 2 N–H and O–H groups in total. The number of ether oxygens (including phenoxy) is 4. The van der Waals surface area contributed by atoms with Crippen molar-refractivity contribution in [1.82, 2.24) is 19.5 Å². The number of aliphatic hydroxyl groups excluding tert-OH is 1. The number of imidazole rings is 1. The van der Waals surface area contributed by atoms with E-state index in [0.29, 0.717) is 28.2 Å². The number of hydrogen-bond acceptors (Lipinski definition) is 9. The molecule has 1 fully saturated rings. The van der Waals surface area contributed by atoms with Crippen molar-refractivity contribution in [1.29, 1.82) is 0 Å². The number of benzene rings is 4. The molecule has 1 aliphatic rings. The number of aliphatic hydroxyl groups is 1. The lowest BCUT2D eigenvalue weighted by molar-refractivity contribution is -0.0930. The van der Waals surface area contributed by atoms with Gasteiger partial charge < -0.3 is 29.4 Å². The van der Waals surface area contributed by atoms with Crippen LogP contribution in [0.4, 0.5) is 5.82 Å². The Hall–Kier alpha value is -5.33. The number of aromatic nitrogens is 4. The number of nitrogens with one attached hydrogen (secondary N) is 1. The van der Waals surface area contributed by atoms with E-state index in [2.05, 4.69) is 20.3 Å². The van der Waals surface area contributed by atoms with Crippen LogP contribution >= 0.6 is 11.6 Å². The minimum Gasteiger partial charge on any atom is -0.497 e. The number of carbonyl (C=O) groups is 1. The number of amides is 1. The molecule has 4 aromatic carbocycles. The molecule has 6 aromatic rings. The normalized spacial score (nSPS) is 17.5. The molecule has 0 bridgehead atoms. The second-order valence-corrected chi connectivity index (χ2v) is 12.1. The van der Waals surface area contributed by atoms with Gasteiger partial charge in [-0.1, -0.05) is 72.8 Å². The number of rotatable bonds is 11. The summed E-state index contributed by atoms with van der Waals surface area (Å²) in [5.74, 6) is 1.27. The minimum atomic E-state index is -1.10. The lowest BCUT2D eigenvalue weighted by Gasteiger charge is -2.37. The summed E-state index contributed by atoms with van der Waals surface area (Å²) in [6, 6.07) is 34.1. The number of methoxy groups -OCH3 is 2. The lowest BCUT2D eigenvalue weighted by atomic mass is 9.80. The minimum absolute atomic E-state index is 0.0161. The van der Waals surface area contributed by atoms with Crippen molar-refractivity contribution in [3.63, 3.8) is 0 Å². The van der Waals surface area contributed by atoms with Crippen molar-refractivity contribution in [2.75, 3.05) is 26.1 Å². The van der Waals surface area contributed by atoms with Gasteiger partial charge in [0.05, 0.1) is 26.9 Å². The van der Waals surface area contributed by atoms with E-state index in [1.165, 1.54) is 6.33 Å². The molecule has 1 aliphatic heterocycles. The van der Waals surface area contributed by atoms with Crippen LogP contribution in [0.25, 0.3) is 11.2 Å². The van der Waals surface area contributed by atoms with Crippen molar-refractivity contribution >= 4 is 34.5 Å². The van der Waals surface area contributed by atoms with Gasteiger partial charge in [0, 0.05) is 12.0 Å². The van der Waals surface area contributed by atoms with Crippen molar-refractivity contribution < 1.29 is 28.8 Å². The lowest BCUT2D eigenvalue weighted by Crippen LogP contribution is -2.38. The van der Waals surface area contributed by atoms with Gasteiger partial charge in [0.2, 0.25) is 5.28 Å². The van der Waals surface area contributed by atoms with Crippen LogP contribution in [0.2, 0.25) is 5.28 Å². The Bertz CT molecular complexity index is 2030. The van der Waals surface area contributed by atoms with Crippen LogP contribution < -0.4 is 14.8 Å². The van der Waals surface area contributed by atoms with Crippen LogP contribution in [-0.4, -0.2) is 63.6 Å². The number of halogens is 1. The van der Waals surface area contributed by atoms with Gasteiger partial charge >= 0.3 is 0 Å². The molecule has 3 atom stereocenters. The highest BCUT2D eigenvalue weighted by Gasteiger charge is 2.42. The maximum atomic E-state index is 12.9. The number of carbonyl (C=O) groups excluding carboxylic acids is 1. The average molecular weight is 692 g/mol. The first-order chi connectivity index (χ1) is 24.4. The molecule has 254 valence electrons. The second kappa shape index (κ2) is 14.3. The average Bonchev–Trinajstić information content (AvgIpc) is 3.71. The van der Waals surface area contributed by atoms with E-state index < -0.39 is 24.0 Å². The molecular formula is C38H34ClN5O6.